The van der Waals surface area contributed by atoms with E-state index in [9.17, 15) is 4.79 Å². The molecule has 2 heterocycles. The summed E-state index contributed by atoms with van der Waals surface area (Å²) in [6, 6.07) is 8.78. The third kappa shape index (κ3) is 6.87. The maximum Gasteiger partial charge on any atom is 0.305 e. The van der Waals surface area contributed by atoms with Gasteiger partial charge >= 0.3 is 5.97 Å². The SMILES string of the molecule is CCOC(=O)CCCCc1ccc(C#Cc2cc3c(cc2CC)SC(C)(C)CC3(C)C)nc1. The Morgan fingerprint density at radius 3 is 2.58 bits per heavy atom. The summed E-state index contributed by atoms with van der Waals surface area (Å²) in [4.78, 5) is 17.4. The van der Waals surface area contributed by atoms with Gasteiger partial charge in [0.05, 0.1) is 6.61 Å². The Balaban J connectivity index is 1.70. The fraction of sp³-hybridized carbons (Fsp3) is 0.517. The van der Waals surface area contributed by atoms with Crippen molar-refractivity contribution < 1.29 is 9.53 Å². The molecule has 3 nitrogen and oxygen atoms in total. The number of esters is 1. The quantitative estimate of drug-likeness (QED) is 0.255. The van der Waals surface area contributed by atoms with E-state index in [1.165, 1.54) is 21.6 Å². The Morgan fingerprint density at radius 2 is 1.91 bits per heavy atom. The second-order valence-electron chi connectivity index (χ2n) is 10.1. The van der Waals surface area contributed by atoms with Gasteiger partial charge in [0.25, 0.3) is 0 Å². The van der Waals surface area contributed by atoms with Gasteiger partial charge in [-0.2, -0.15) is 0 Å². The predicted molar refractivity (Wildman–Crippen MR) is 138 cm³/mol. The Hall–Kier alpha value is -2.25. The molecule has 33 heavy (non-hydrogen) atoms. The van der Waals surface area contributed by atoms with E-state index in [-0.39, 0.29) is 16.1 Å². The number of carbonyl (C=O) groups excluding carboxylic acids is 1. The minimum Gasteiger partial charge on any atom is -0.466 e. The molecule has 0 amide bonds. The molecule has 0 N–H and O–H groups in total. The first-order valence-corrected chi connectivity index (χ1v) is 12.9. The van der Waals surface area contributed by atoms with Crippen LogP contribution in [0.25, 0.3) is 0 Å². The summed E-state index contributed by atoms with van der Waals surface area (Å²) in [5.41, 5.74) is 5.95. The number of carbonyl (C=O) groups is 1. The molecule has 0 radical (unpaired) electrons. The summed E-state index contributed by atoms with van der Waals surface area (Å²) in [5.74, 6) is 6.58. The number of aromatic nitrogens is 1. The molecule has 1 aromatic heterocycles. The monoisotopic (exact) mass is 463 g/mol. The van der Waals surface area contributed by atoms with Crippen molar-refractivity contribution in [3.8, 4) is 11.8 Å². The average molecular weight is 464 g/mol. The number of unbranched alkanes of at least 4 members (excludes halogenated alkanes) is 1. The van der Waals surface area contributed by atoms with Crippen molar-refractivity contribution in [2.45, 2.75) is 95.1 Å². The summed E-state index contributed by atoms with van der Waals surface area (Å²) in [7, 11) is 0. The molecule has 2 aromatic rings. The molecule has 0 spiro atoms. The van der Waals surface area contributed by atoms with Crippen LogP contribution in [0.4, 0.5) is 0 Å². The number of fused-ring (bicyclic) bond motifs is 1. The van der Waals surface area contributed by atoms with Gasteiger partial charge in [-0.1, -0.05) is 46.6 Å². The number of rotatable bonds is 7. The topological polar surface area (TPSA) is 39.2 Å². The third-order valence-corrected chi connectivity index (χ3v) is 7.38. The molecule has 0 saturated heterocycles. The van der Waals surface area contributed by atoms with Crippen molar-refractivity contribution >= 4 is 17.7 Å². The molecule has 1 aromatic carbocycles. The van der Waals surface area contributed by atoms with E-state index in [0.29, 0.717) is 13.0 Å². The Labute approximate surface area is 204 Å². The Bertz CT molecular complexity index is 1040. The van der Waals surface area contributed by atoms with Gasteiger partial charge in [0.15, 0.2) is 0 Å². The van der Waals surface area contributed by atoms with Crippen LogP contribution in [0.3, 0.4) is 0 Å². The lowest BCUT2D eigenvalue weighted by atomic mass is 9.76. The summed E-state index contributed by atoms with van der Waals surface area (Å²) >= 11 is 2.00. The first-order valence-electron chi connectivity index (χ1n) is 12.1. The van der Waals surface area contributed by atoms with Crippen LogP contribution >= 0.6 is 11.8 Å². The zero-order chi connectivity index (χ0) is 24.1. The molecule has 4 heteroatoms. The number of hydrogen-bond donors (Lipinski definition) is 0. The number of nitrogens with zero attached hydrogens (tertiary/aromatic N) is 1. The maximum atomic E-state index is 11.4. The Kier molecular flexibility index (Phi) is 8.29. The van der Waals surface area contributed by atoms with Gasteiger partial charge in [0, 0.05) is 27.8 Å². The molecular formula is C29H37NO2S. The van der Waals surface area contributed by atoms with Gasteiger partial charge in [0.2, 0.25) is 0 Å². The second kappa shape index (κ2) is 10.8. The molecule has 0 saturated carbocycles. The molecule has 1 aliphatic heterocycles. The zero-order valence-electron chi connectivity index (χ0n) is 21.0. The van der Waals surface area contributed by atoms with E-state index >= 15 is 0 Å². The van der Waals surface area contributed by atoms with E-state index in [4.69, 9.17) is 4.74 Å². The summed E-state index contributed by atoms with van der Waals surface area (Å²) in [5, 5.41) is 0. The number of thioether (sulfide) groups is 1. The van der Waals surface area contributed by atoms with E-state index in [2.05, 4.69) is 69.6 Å². The van der Waals surface area contributed by atoms with E-state index in [0.717, 1.165) is 43.4 Å². The van der Waals surface area contributed by atoms with Crippen LogP contribution in [-0.2, 0) is 27.8 Å². The van der Waals surface area contributed by atoms with Gasteiger partial charge in [-0.15, -0.1) is 11.8 Å². The van der Waals surface area contributed by atoms with Crippen molar-refractivity contribution in [2.24, 2.45) is 0 Å². The fourth-order valence-corrected chi connectivity index (χ4v) is 6.42. The van der Waals surface area contributed by atoms with Crippen molar-refractivity contribution in [3.63, 3.8) is 0 Å². The summed E-state index contributed by atoms with van der Waals surface area (Å²) in [6.45, 7) is 13.9. The van der Waals surface area contributed by atoms with Crippen LogP contribution < -0.4 is 0 Å². The normalized spacial score (nSPS) is 15.8. The second-order valence-corrected chi connectivity index (χ2v) is 11.8. The first kappa shape index (κ1) is 25.4. The number of hydrogen-bond acceptors (Lipinski definition) is 4. The minimum absolute atomic E-state index is 0.111. The van der Waals surface area contributed by atoms with Crippen molar-refractivity contribution in [1.29, 1.82) is 0 Å². The highest BCUT2D eigenvalue weighted by molar-refractivity contribution is 8.00. The third-order valence-electron chi connectivity index (χ3n) is 6.12. The van der Waals surface area contributed by atoms with Crippen molar-refractivity contribution in [1.82, 2.24) is 4.98 Å². The van der Waals surface area contributed by atoms with Crippen LogP contribution in [0.5, 0.6) is 0 Å². The molecule has 0 fully saturated rings. The highest BCUT2D eigenvalue weighted by Gasteiger charge is 2.38. The highest BCUT2D eigenvalue weighted by atomic mass is 32.2. The zero-order valence-corrected chi connectivity index (χ0v) is 21.8. The fourth-order valence-electron chi connectivity index (χ4n) is 4.75. The molecule has 0 atom stereocenters. The van der Waals surface area contributed by atoms with Gasteiger partial charge in [-0.3, -0.25) is 4.79 Å². The number of aryl methyl sites for hydroxylation is 2. The van der Waals surface area contributed by atoms with E-state index < -0.39 is 0 Å². The minimum atomic E-state index is -0.111. The van der Waals surface area contributed by atoms with Crippen molar-refractivity contribution in [3.05, 3.63) is 58.4 Å². The first-order chi connectivity index (χ1) is 15.6. The molecule has 3 rings (SSSR count). The molecule has 176 valence electrons. The largest absolute Gasteiger partial charge is 0.466 e. The molecule has 1 aliphatic rings. The van der Waals surface area contributed by atoms with Gasteiger partial charge in [-0.05, 0) is 85.3 Å². The summed E-state index contributed by atoms with van der Waals surface area (Å²) < 4.78 is 5.22. The smallest absolute Gasteiger partial charge is 0.305 e. The van der Waals surface area contributed by atoms with Crippen LogP contribution in [0.2, 0.25) is 0 Å². The molecular weight excluding hydrogens is 426 g/mol. The molecule has 0 unspecified atom stereocenters. The van der Waals surface area contributed by atoms with Crippen LogP contribution in [-0.4, -0.2) is 22.3 Å². The Morgan fingerprint density at radius 1 is 1.12 bits per heavy atom. The number of benzene rings is 1. The predicted octanol–water partition coefficient (Wildman–Crippen LogP) is 6.87. The average Bonchev–Trinajstić information content (AvgIpc) is 2.74. The van der Waals surface area contributed by atoms with Crippen LogP contribution in [0, 0.1) is 11.8 Å². The van der Waals surface area contributed by atoms with E-state index in [1.54, 1.807) is 0 Å². The van der Waals surface area contributed by atoms with Gasteiger partial charge < -0.3 is 4.74 Å². The lowest BCUT2D eigenvalue weighted by Crippen LogP contribution is -2.33. The standard InChI is InChI=1S/C29H37NO2S/c1-7-22-18-26-25(28(3,4)20-29(5,6)33-26)17-23(22)14-16-24-15-13-21(19-30-24)11-9-10-12-27(31)32-8-2/h13,15,17-19H,7-12,20H2,1-6H3. The van der Waals surface area contributed by atoms with Crippen LogP contribution in [0.1, 0.15) is 95.2 Å². The molecule has 0 aliphatic carbocycles. The maximum absolute atomic E-state index is 11.4. The number of pyridine rings is 1. The lowest BCUT2D eigenvalue weighted by Gasteiger charge is -2.42. The van der Waals surface area contributed by atoms with E-state index in [1.807, 2.05) is 30.9 Å². The van der Waals surface area contributed by atoms with Gasteiger partial charge in [-0.25, -0.2) is 4.98 Å². The summed E-state index contributed by atoms with van der Waals surface area (Å²) in [6.07, 6.45) is 7.21. The lowest BCUT2D eigenvalue weighted by molar-refractivity contribution is -0.143. The van der Waals surface area contributed by atoms with Gasteiger partial charge in [0.1, 0.15) is 5.69 Å². The van der Waals surface area contributed by atoms with Crippen molar-refractivity contribution in [2.75, 3.05) is 6.61 Å². The molecule has 0 bridgehead atoms. The number of ether oxygens (including phenoxy) is 1. The van der Waals surface area contributed by atoms with Crippen LogP contribution in [0.15, 0.2) is 35.4 Å². The highest BCUT2D eigenvalue weighted by Crippen LogP contribution is 2.51.